The Balaban J connectivity index is 0.932. The van der Waals surface area contributed by atoms with Crippen LogP contribution in [0.2, 0.25) is 26.2 Å². The molecule has 0 spiro atoms. The van der Waals surface area contributed by atoms with E-state index in [0.717, 1.165) is 22.3 Å². The van der Waals surface area contributed by atoms with E-state index in [2.05, 4.69) is 236 Å². The molecule has 0 amide bonds. The van der Waals surface area contributed by atoms with Crippen molar-refractivity contribution >= 4 is 102 Å². The molecule has 0 saturated carbocycles. The van der Waals surface area contributed by atoms with Crippen LogP contribution in [0.4, 0.5) is 0 Å². The number of rotatable bonds is 2. The summed E-state index contributed by atoms with van der Waals surface area (Å²) in [5.41, 5.74) is 25.1. The summed E-state index contributed by atoms with van der Waals surface area (Å²) in [6.45, 7) is 20.2. The Bertz CT molecular complexity index is 4570. The van der Waals surface area contributed by atoms with E-state index >= 15 is 0 Å². The van der Waals surface area contributed by atoms with E-state index in [-0.39, 0.29) is 10.8 Å². The van der Waals surface area contributed by atoms with Crippen molar-refractivity contribution in [1.82, 2.24) is 0 Å². The quantitative estimate of drug-likeness (QED) is 0.161. The van der Waals surface area contributed by atoms with Gasteiger partial charge in [0.2, 0.25) is 0 Å². The Morgan fingerprint density at radius 2 is 0.658 bits per heavy atom. The third-order valence-corrected chi connectivity index (χ3v) is 26.7. The van der Waals surface area contributed by atoms with E-state index in [1.54, 1.807) is 10.4 Å². The molecule has 2 aromatic heterocycles. The molecular formula is C72H54O2Si2. The number of hydrogen-bond donors (Lipinski definition) is 0. The zero-order valence-corrected chi connectivity index (χ0v) is 46.1. The summed E-state index contributed by atoms with van der Waals surface area (Å²) in [5, 5.41) is 16.1. The van der Waals surface area contributed by atoms with Crippen LogP contribution in [0.5, 0.6) is 0 Å². The molecule has 0 N–H and O–H groups in total. The average molecular weight is 1010 g/mol. The smallest absolute Gasteiger partial charge is 0.143 e. The lowest BCUT2D eigenvalue weighted by Crippen LogP contribution is -2.63. The Kier molecular flexibility index (Phi) is 8.00. The number of furan rings is 2. The van der Waals surface area contributed by atoms with Crippen LogP contribution in [-0.2, 0) is 10.8 Å². The highest BCUT2D eigenvalue weighted by Crippen LogP contribution is 2.57. The second-order valence-electron chi connectivity index (χ2n) is 24.6. The summed E-state index contributed by atoms with van der Waals surface area (Å²) < 4.78 is 14.6. The molecule has 362 valence electrons. The van der Waals surface area contributed by atoms with Gasteiger partial charge in [0.15, 0.2) is 0 Å². The minimum atomic E-state index is -2.49. The number of para-hydroxylation sites is 2. The van der Waals surface area contributed by atoms with E-state index in [0.29, 0.717) is 0 Å². The van der Waals surface area contributed by atoms with E-state index in [9.17, 15) is 0 Å². The molecule has 4 heterocycles. The van der Waals surface area contributed by atoms with Gasteiger partial charge in [-0.1, -0.05) is 212 Å². The average Bonchev–Trinajstić information content (AvgIpc) is 4.32. The fourth-order valence-electron chi connectivity index (χ4n) is 15.9. The molecule has 0 fully saturated rings. The summed E-state index contributed by atoms with van der Waals surface area (Å²) in [4.78, 5) is 0. The lowest BCUT2D eigenvalue weighted by molar-refractivity contribution is 0.661. The largest absolute Gasteiger partial charge is 0.455 e. The lowest BCUT2D eigenvalue weighted by Gasteiger charge is -2.28. The van der Waals surface area contributed by atoms with Gasteiger partial charge >= 0.3 is 0 Å². The van der Waals surface area contributed by atoms with Gasteiger partial charge in [-0.2, -0.15) is 0 Å². The minimum absolute atomic E-state index is 0.156. The van der Waals surface area contributed by atoms with Crippen LogP contribution in [-0.4, -0.2) is 16.1 Å². The van der Waals surface area contributed by atoms with Crippen LogP contribution in [0.3, 0.4) is 0 Å². The van der Waals surface area contributed by atoms with Crippen molar-refractivity contribution in [1.29, 1.82) is 0 Å². The van der Waals surface area contributed by atoms with Gasteiger partial charge in [-0.15, -0.1) is 0 Å². The van der Waals surface area contributed by atoms with E-state index < -0.39 is 16.1 Å². The first-order valence-electron chi connectivity index (χ1n) is 27.3. The molecule has 11 aromatic carbocycles. The van der Waals surface area contributed by atoms with Crippen molar-refractivity contribution in [3.63, 3.8) is 0 Å². The molecule has 2 nitrogen and oxygen atoms in total. The number of fused-ring (bicyclic) bond motifs is 25. The van der Waals surface area contributed by atoms with Crippen LogP contribution < -0.4 is 20.7 Å². The Morgan fingerprint density at radius 3 is 1.08 bits per heavy atom. The lowest BCUT2D eigenvalue weighted by atomic mass is 9.80. The molecule has 0 saturated heterocycles. The van der Waals surface area contributed by atoms with Crippen LogP contribution in [0.15, 0.2) is 191 Å². The SMILES string of the molecule is CC1(C)c2ccccc2-c2c1cc(-c1cc3c(c4oc5ccccc5c14)-c1ccc4c(c1[Si]3(C)C)[Si](C)(C)c1cc(-c3cc5c(c6ccccc36)-c3ccccc3C5(C)C)c3c(oc5ccccc53)c1-4)c1ccccc21. The van der Waals surface area contributed by atoms with Crippen molar-refractivity contribution in [2.75, 3.05) is 0 Å². The predicted molar refractivity (Wildman–Crippen MR) is 326 cm³/mol. The van der Waals surface area contributed by atoms with Gasteiger partial charge in [-0.3, -0.25) is 0 Å². The first-order valence-corrected chi connectivity index (χ1v) is 33.3. The summed E-state index contributed by atoms with van der Waals surface area (Å²) in [5.74, 6) is 0. The van der Waals surface area contributed by atoms with Crippen LogP contribution in [0.1, 0.15) is 49.9 Å². The highest BCUT2D eigenvalue weighted by molar-refractivity contribution is 7.13. The van der Waals surface area contributed by atoms with Gasteiger partial charge in [0.25, 0.3) is 0 Å². The summed E-state index contributed by atoms with van der Waals surface area (Å²) in [7, 11) is -4.99. The maximum Gasteiger partial charge on any atom is 0.143 e. The van der Waals surface area contributed by atoms with Crippen LogP contribution in [0.25, 0.3) is 132 Å². The third-order valence-electron chi connectivity index (χ3n) is 19.4. The molecule has 0 radical (unpaired) electrons. The first-order chi connectivity index (χ1) is 36.8. The van der Waals surface area contributed by atoms with Gasteiger partial charge in [0.1, 0.15) is 38.5 Å². The zero-order chi connectivity index (χ0) is 51.1. The highest BCUT2D eigenvalue weighted by atomic mass is 28.3. The normalized spacial score (nSPS) is 16.3. The van der Waals surface area contributed by atoms with Gasteiger partial charge in [-0.05, 0) is 144 Å². The van der Waals surface area contributed by atoms with E-state index in [4.69, 9.17) is 8.83 Å². The summed E-state index contributed by atoms with van der Waals surface area (Å²) >= 11 is 0. The van der Waals surface area contributed by atoms with Gasteiger partial charge in [0.05, 0.1) is 0 Å². The summed E-state index contributed by atoms with van der Waals surface area (Å²) in [6, 6.07) is 69.3. The molecule has 2 aliphatic carbocycles. The highest BCUT2D eigenvalue weighted by Gasteiger charge is 2.50. The Morgan fingerprint density at radius 1 is 0.303 bits per heavy atom. The molecule has 0 unspecified atom stereocenters. The zero-order valence-electron chi connectivity index (χ0n) is 44.1. The van der Waals surface area contributed by atoms with Crippen molar-refractivity contribution in [3.8, 4) is 66.8 Å². The molecule has 2 aliphatic heterocycles. The van der Waals surface area contributed by atoms with Gasteiger partial charge in [0, 0.05) is 43.5 Å². The van der Waals surface area contributed by atoms with Crippen LogP contribution >= 0.6 is 0 Å². The van der Waals surface area contributed by atoms with E-state index in [1.807, 2.05) is 0 Å². The Labute approximate surface area is 444 Å². The Hall–Kier alpha value is -8.03. The second-order valence-corrected chi connectivity index (χ2v) is 33.2. The van der Waals surface area contributed by atoms with Crippen molar-refractivity contribution < 1.29 is 8.83 Å². The minimum Gasteiger partial charge on any atom is -0.455 e. The summed E-state index contributed by atoms with van der Waals surface area (Å²) in [6.07, 6.45) is 0. The molecule has 4 aliphatic rings. The fraction of sp³-hybridized carbons (Fsp3) is 0.139. The van der Waals surface area contributed by atoms with Gasteiger partial charge in [-0.25, -0.2) is 0 Å². The van der Waals surface area contributed by atoms with Crippen molar-refractivity contribution in [3.05, 3.63) is 204 Å². The van der Waals surface area contributed by atoms with Gasteiger partial charge < -0.3 is 8.83 Å². The van der Waals surface area contributed by atoms with Crippen molar-refractivity contribution in [2.45, 2.75) is 64.7 Å². The van der Waals surface area contributed by atoms with E-state index in [1.165, 1.54) is 142 Å². The molecule has 76 heavy (non-hydrogen) atoms. The molecule has 4 heteroatoms. The fourth-order valence-corrected chi connectivity index (χ4v) is 24.3. The predicted octanol–water partition coefficient (Wildman–Crippen LogP) is 17.3. The van der Waals surface area contributed by atoms with Crippen LogP contribution in [0, 0.1) is 0 Å². The maximum atomic E-state index is 7.31. The molecule has 0 atom stereocenters. The number of benzene rings is 11. The monoisotopic (exact) mass is 1010 g/mol. The second kappa shape index (κ2) is 14.1. The first kappa shape index (κ1) is 43.2. The molecule has 17 rings (SSSR count). The standard InChI is InChI=1S/C72H54O2Si2/c1-71(2)53-29-17-13-25-43(53)61-41-23-11-9-21-39(41)49(35-55(61)71)51-37-59-65(67-63(51)45-27-15-19-31-57(45)73-67)47-33-34-48-66-60(76(7,8)70(48)69(47)75(59,5)6)38-52(64-46-28-16-20-32-58(46)74-68(64)66)50-36-56-62(42-24-12-10-22-40(42)50)44-26-14-18-30-54(44)72(56,3)4/h9-38H,1-8H3. The maximum absolute atomic E-state index is 7.31. The number of hydrogen-bond acceptors (Lipinski definition) is 2. The third kappa shape index (κ3) is 5.04. The van der Waals surface area contributed by atoms with Crippen molar-refractivity contribution in [2.24, 2.45) is 0 Å². The molecular weight excluding hydrogens is 953 g/mol. The molecule has 13 aromatic rings. The molecule has 0 bridgehead atoms. The topological polar surface area (TPSA) is 26.3 Å².